The summed E-state index contributed by atoms with van der Waals surface area (Å²) in [5.74, 6) is 1.57. The second-order valence-electron chi connectivity index (χ2n) is 5.66. The molecule has 0 amide bonds. The zero-order valence-electron chi connectivity index (χ0n) is 13.0. The Labute approximate surface area is 128 Å². The van der Waals surface area contributed by atoms with Gasteiger partial charge in [-0.25, -0.2) is 4.98 Å². The highest BCUT2D eigenvalue weighted by Gasteiger charge is 2.12. The Morgan fingerprint density at radius 1 is 1.35 bits per heavy atom. The van der Waals surface area contributed by atoms with Crippen molar-refractivity contribution in [2.45, 2.75) is 40.3 Å². The summed E-state index contributed by atoms with van der Waals surface area (Å²) in [6.07, 6.45) is 1.90. The van der Waals surface area contributed by atoms with Gasteiger partial charge in [0.2, 0.25) is 0 Å². The highest BCUT2D eigenvalue weighted by atomic mass is 35.5. The molecular weight excluding hydrogens is 270 g/mol. The standard InChI is InChI=1S/C16H26ClN3/c1-6-9-20(13(4)5)16-8-7-14(17)15(19-16)11-18-10-12(2)3/h6-8,12-13,18H,1,9-11H2,2-5H3. The van der Waals surface area contributed by atoms with Gasteiger partial charge in [0, 0.05) is 19.1 Å². The number of halogens is 1. The van der Waals surface area contributed by atoms with Crippen LogP contribution in [0.25, 0.3) is 0 Å². The molecule has 0 aromatic carbocycles. The maximum absolute atomic E-state index is 6.23. The topological polar surface area (TPSA) is 28.2 Å². The van der Waals surface area contributed by atoms with Gasteiger partial charge in [0.15, 0.2) is 0 Å². The summed E-state index contributed by atoms with van der Waals surface area (Å²) in [7, 11) is 0. The van der Waals surface area contributed by atoms with Gasteiger partial charge in [-0.3, -0.25) is 0 Å². The Morgan fingerprint density at radius 3 is 2.60 bits per heavy atom. The summed E-state index contributed by atoms with van der Waals surface area (Å²) >= 11 is 6.23. The van der Waals surface area contributed by atoms with E-state index in [9.17, 15) is 0 Å². The van der Waals surface area contributed by atoms with E-state index in [1.807, 2.05) is 18.2 Å². The minimum absolute atomic E-state index is 0.373. The third kappa shape index (κ3) is 5.14. The highest BCUT2D eigenvalue weighted by Crippen LogP contribution is 2.21. The van der Waals surface area contributed by atoms with Gasteiger partial charge in [0.1, 0.15) is 5.82 Å². The van der Waals surface area contributed by atoms with E-state index >= 15 is 0 Å². The molecule has 0 aliphatic heterocycles. The van der Waals surface area contributed by atoms with E-state index in [4.69, 9.17) is 16.6 Å². The molecule has 0 saturated carbocycles. The van der Waals surface area contributed by atoms with Gasteiger partial charge >= 0.3 is 0 Å². The summed E-state index contributed by atoms with van der Waals surface area (Å²) in [4.78, 5) is 6.90. The minimum atomic E-state index is 0.373. The fraction of sp³-hybridized carbons (Fsp3) is 0.562. The van der Waals surface area contributed by atoms with Gasteiger partial charge in [-0.05, 0) is 38.4 Å². The number of nitrogens with zero attached hydrogens (tertiary/aromatic N) is 2. The van der Waals surface area contributed by atoms with E-state index in [1.54, 1.807) is 0 Å². The number of nitrogens with one attached hydrogen (secondary N) is 1. The molecule has 0 aliphatic carbocycles. The van der Waals surface area contributed by atoms with Crippen LogP contribution in [-0.2, 0) is 6.54 Å². The predicted octanol–water partition coefficient (Wildman–Crippen LogP) is 3.88. The Bertz CT molecular complexity index is 430. The second-order valence-corrected chi connectivity index (χ2v) is 6.06. The molecule has 0 saturated heterocycles. The van der Waals surface area contributed by atoms with Crippen LogP contribution in [0.3, 0.4) is 0 Å². The van der Waals surface area contributed by atoms with E-state index in [0.717, 1.165) is 24.6 Å². The molecule has 0 radical (unpaired) electrons. The van der Waals surface area contributed by atoms with Gasteiger partial charge in [0.05, 0.1) is 10.7 Å². The normalized spacial score (nSPS) is 11.2. The third-order valence-electron chi connectivity index (χ3n) is 2.99. The molecule has 0 unspecified atom stereocenters. The first-order valence-corrected chi connectivity index (χ1v) is 7.57. The molecule has 1 aromatic heterocycles. The molecule has 1 rings (SSSR count). The van der Waals surface area contributed by atoms with E-state index in [1.165, 1.54) is 0 Å². The zero-order valence-corrected chi connectivity index (χ0v) is 13.7. The van der Waals surface area contributed by atoms with E-state index < -0.39 is 0 Å². The fourth-order valence-electron chi connectivity index (χ4n) is 1.94. The van der Waals surface area contributed by atoms with Gasteiger partial charge in [-0.1, -0.05) is 31.5 Å². The van der Waals surface area contributed by atoms with Crippen LogP contribution in [0.4, 0.5) is 5.82 Å². The Hall–Kier alpha value is -1.06. The molecule has 0 atom stereocenters. The lowest BCUT2D eigenvalue weighted by atomic mass is 10.2. The average Bonchev–Trinajstić information content (AvgIpc) is 2.37. The number of pyridine rings is 1. The molecule has 112 valence electrons. The first-order chi connectivity index (χ1) is 9.45. The van der Waals surface area contributed by atoms with Gasteiger partial charge in [0.25, 0.3) is 0 Å². The van der Waals surface area contributed by atoms with Crippen molar-refractivity contribution in [1.82, 2.24) is 10.3 Å². The van der Waals surface area contributed by atoms with Gasteiger partial charge < -0.3 is 10.2 Å². The summed E-state index contributed by atoms with van der Waals surface area (Å²) in [5, 5.41) is 4.10. The zero-order chi connectivity index (χ0) is 15.1. The van der Waals surface area contributed by atoms with Gasteiger partial charge in [-0.2, -0.15) is 0 Å². The number of anilines is 1. The lowest BCUT2D eigenvalue weighted by Crippen LogP contribution is -2.32. The van der Waals surface area contributed by atoms with Crippen molar-refractivity contribution in [3.05, 3.63) is 35.5 Å². The largest absolute Gasteiger partial charge is 0.350 e. The number of rotatable bonds is 8. The lowest BCUT2D eigenvalue weighted by molar-refractivity contribution is 0.548. The van der Waals surface area contributed by atoms with Crippen molar-refractivity contribution >= 4 is 17.4 Å². The smallest absolute Gasteiger partial charge is 0.129 e. The van der Waals surface area contributed by atoms with Crippen molar-refractivity contribution < 1.29 is 0 Å². The molecule has 1 heterocycles. The maximum atomic E-state index is 6.23. The van der Waals surface area contributed by atoms with Crippen LogP contribution in [0.15, 0.2) is 24.8 Å². The van der Waals surface area contributed by atoms with Crippen LogP contribution in [0.5, 0.6) is 0 Å². The second kappa shape index (κ2) is 8.28. The van der Waals surface area contributed by atoms with E-state index in [-0.39, 0.29) is 0 Å². The Morgan fingerprint density at radius 2 is 2.05 bits per heavy atom. The van der Waals surface area contributed by atoms with Crippen molar-refractivity contribution in [2.75, 3.05) is 18.0 Å². The summed E-state index contributed by atoms with van der Waals surface area (Å²) in [6.45, 7) is 14.9. The summed E-state index contributed by atoms with van der Waals surface area (Å²) in [5.41, 5.74) is 0.902. The number of hydrogen-bond donors (Lipinski definition) is 1. The Balaban J connectivity index is 2.85. The third-order valence-corrected chi connectivity index (χ3v) is 3.34. The average molecular weight is 296 g/mol. The fourth-order valence-corrected chi connectivity index (χ4v) is 2.12. The van der Waals surface area contributed by atoms with Crippen LogP contribution < -0.4 is 10.2 Å². The molecule has 20 heavy (non-hydrogen) atoms. The van der Waals surface area contributed by atoms with E-state index in [2.05, 4.69) is 44.5 Å². The van der Waals surface area contributed by atoms with Crippen LogP contribution >= 0.6 is 11.6 Å². The number of aromatic nitrogens is 1. The van der Waals surface area contributed by atoms with Crippen molar-refractivity contribution in [2.24, 2.45) is 5.92 Å². The first-order valence-electron chi connectivity index (χ1n) is 7.19. The summed E-state index contributed by atoms with van der Waals surface area (Å²) < 4.78 is 0. The van der Waals surface area contributed by atoms with Crippen molar-refractivity contribution in [3.8, 4) is 0 Å². The van der Waals surface area contributed by atoms with Crippen LogP contribution in [0.1, 0.15) is 33.4 Å². The minimum Gasteiger partial charge on any atom is -0.350 e. The highest BCUT2D eigenvalue weighted by molar-refractivity contribution is 6.31. The molecule has 1 aromatic rings. The maximum Gasteiger partial charge on any atom is 0.129 e. The monoisotopic (exact) mass is 295 g/mol. The van der Waals surface area contributed by atoms with Crippen LogP contribution in [-0.4, -0.2) is 24.1 Å². The molecule has 0 spiro atoms. The lowest BCUT2D eigenvalue weighted by Gasteiger charge is -2.27. The van der Waals surface area contributed by atoms with Crippen LogP contribution in [0, 0.1) is 5.92 Å². The SMILES string of the molecule is C=CCN(c1ccc(Cl)c(CNCC(C)C)n1)C(C)C. The quantitative estimate of drug-likeness (QED) is 0.738. The van der Waals surface area contributed by atoms with Crippen molar-refractivity contribution in [3.63, 3.8) is 0 Å². The van der Waals surface area contributed by atoms with Crippen molar-refractivity contribution in [1.29, 1.82) is 0 Å². The molecule has 1 N–H and O–H groups in total. The molecule has 3 nitrogen and oxygen atoms in total. The molecule has 0 bridgehead atoms. The predicted molar refractivity (Wildman–Crippen MR) is 88.5 cm³/mol. The molecule has 0 fully saturated rings. The van der Waals surface area contributed by atoms with Crippen LogP contribution in [0.2, 0.25) is 5.02 Å². The first kappa shape index (κ1) is 17.0. The number of hydrogen-bond acceptors (Lipinski definition) is 3. The molecular formula is C16H26ClN3. The van der Waals surface area contributed by atoms with Gasteiger partial charge in [-0.15, -0.1) is 6.58 Å². The van der Waals surface area contributed by atoms with E-state index in [0.29, 0.717) is 23.5 Å². The molecule has 0 aliphatic rings. The Kier molecular flexibility index (Phi) is 7.03. The summed E-state index contributed by atoms with van der Waals surface area (Å²) in [6, 6.07) is 4.27. The molecule has 4 heteroatoms.